The highest BCUT2D eigenvalue weighted by Gasteiger charge is 2.34. The van der Waals surface area contributed by atoms with Gasteiger partial charge >= 0.3 is 18.5 Å². The fourth-order valence-corrected chi connectivity index (χ4v) is 6.12. The van der Waals surface area contributed by atoms with Crippen molar-refractivity contribution in [2.75, 3.05) is 42.4 Å². The summed E-state index contributed by atoms with van der Waals surface area (Å²) in [6.07, 6.45) is -9.20. The lowest BCUT2D eigenvalue weighted by molar-refractivity contribution is -0.274. The predicted octanol–water partition coefficient (Wildman–Crippen LogP) is 5.66. The summed E-state index contributed by atoms with van der Waals surface area (Å²) in [6.45, 7) is 0.488. The molecular formula is C28H25ClF6N4O6S. The van der Waals surface area contributed by atoms with Crippen molar-refractivity contribution in [2.24, 2.45) is 0 Å². The van der Waals surface area contributed by atoms with E-state index in [1.54, 1.807) is 4.90 Å². The Morgan fingerprint density at radius 2 is 1.65 bits per heavy atom. The van der Waals surface area contributed by atoms with Crippen molar-refractivity contribution >= 4 is 45.0 Å². The van der Waals surface area contributed by atoms with Crippen molar-refractivity contribution in [3.05, 3.63) is 65.3 Å². The lowest BCUT2D eigenvalue weighted by Gasteiger charge is -2.37. The average molecular weight is 695 g/mol. The third-order valence-electron chi connectivity index (χ3n) is 6.93. The topological polar surface area (TPSA) is 120 Å². The van der Waals surface area contributed by atoms with Crippen LogP contribution in [0.5, 0.6) is 5.75 Å². The molecule has 0 unspecified atom stereocenters. The van der Waals surface area contributed by atoms with Crippen LogP contribution >= 0.6 is 11.6 Å². The first-order valence-corrected chi connectivity index (χ1v) is 15.1. The van der Waals surface area contributed by atoms with Gasteiger partial charge < -0.3 is 19.6 Å². The van der Waals surface area contributed by atoms with Crippen molar-refractivity contribution in [2.45, 2.75) is 30.3 Å². The molecule has 1 aliphatic heterocycles. The van der Waals surface area contributed by atoms with Gasteiger partial charge in [-0.2, -0.15) is 13.2 Å². The first-order valence-electron chi connectivity index (χ1n) is 13.3. The summed E-state index contributed by atoms with van der Waals surface area (Å²) in [4.78, 5) is 30.0. The minimum absolute atomic E-state index is 0.0493. The molecule has 1 aromatic heterocycles. The fourth-order valence-electron chi connectivity index (χ4n) is 4.66. The fraction of sp³-hybridized carbons (Fsp3) is 0.321. The van der Waals surface area contributed by atoms with Gasteiger partial charge in [-0.05, 0) is 48.0 Å². The minimum Gasteiger partial charge on any atom is -0.481 e. The van der Waals surface area contributed by atoms with Gasteiger partial charge in [0.1, 0.15) is 5.75 Å². The summed E-state index contributed by atoms with van der Waals surface area (Å²) in [5.41, 5.74) is -1.18. The summed E-state index contributed by atoms with van der Waals surface area (Å²) in [5, 5.41) is 8.72. The van der Waals surface area contributed by atoms with E-state index in [1.807, 2.05) is 0 Å². The van der Waals surface area contributed by atoms with Gasteiger partial charge in [-0.1, -0.05) is 17.7 Å². The van der Waals surface area contributed by atoms with E-state index in [2.05, 4.69) is 9.72 Å². The summed E-state index contributed by atoms with van der Waals surface area (Å²) in [7, 11) is -3.58. The zero-order valence-electron chi connectivity index (χ0n) is 23.8. The number of sulfonamides is 1. The predicted molar refractivity (Wildman–Crippen MR) is 154 cm³/mol. The Balaban J connectivity index is 1.76. The highest BCUT2D eigenvalue weighted by atomic mass is 35.5. The van der Waals surface area contributed by atoms with Crippen LogP contribution in [0.4, 0.5) is 37.8 Å². The number of carbonyl (C=O) groups excluding carboxylic acids is 1. The second-order valence-corrected chi connectivity index (χ2v) is 12.5. The van der Waals surface area contributed by atoms with Crippen LogP contribution in [0, 0.1) is 0 Å². The molecule has 2 aromatic carbocycles. The summed E-state index contributed by atoms with van der Waals surface area (Å²) in [6, 6.07) is 7.59. The van der Waals surface area contributed by atoms with E-state index in [0.717, 1.165) is 31.3 Å². The van der Waals surface area contributed by atoms with E-state index < -0.39 is 50.6 Å². The molecule has 1 saturated heterocycles. The highest BCUT2D eigenvalue weighted by Crippen LogP contribution is 2.38. The number of carboxylic acids is 1. The van der Waals surface area contributed by atoms with Gasteiger partial charge in [-0.15, -0.1) is 13.2 Å². The SMILES string of the molecule is CN(c1cc(-c2cc(Cl)cc(OC(F)(F)F)c2)cnc1N1CCN(C(=O)CCC(=O)O)CC1)S(=O)(=O)c1cccc(C(F)(F)F)c1. The first-order chi connectivity index (χ1) is 21.3. The number of amides is 1. The molecule has 248 valence electrons. The van der Waals surface area contributed by atoms with Crippen molar-refractivity contribution < 1.29 is 54.2 Å². The monoisotopic (exact) mass is 694 g/mol. The molecule has 1 amide bonds. The number of aromatic nitrogens is 1. The van der Waals surface area contributed by atoms with E-state index >= 15 is 0 Å². The second kappa shape index (κ2) is 13.2. The maximum atomic E-state index is 13.7. The number of hydrogen-bond donors (Lipinski definition) is 1. The van der Waals surface area contributed by atoms with Gasteiger partial charge in [0.2, 0.25) is 5.91 Å². The standard InChI is InChI=1S/C28H25ClF6N4O6S/c1-37(46(43,44)22-4-2-3-19(14-22)27(30,31)32)23-13-18(17-11-20(29)15-21(12-17)45-28(33,34)35)16-36-26(23)39-9-7-38(8-10-39)24(40)5-6-25(41)42/h2-4,11-16H,5-10H2,1H3,(H,41,42). The number of carbonyl (C=O) groups is 2. The van der Waals surface area contributed by atoms with E-state index in [-0.39, 0.29) is 66.7 Å². The number of alkyl halides is 6. The number of anilines is 2. The normalized spacial score (nSPS) is 14.3. The van der Waals surface area contributed by atoms with Crippen molar-refractivity contribution in [3.8, 4) is 16.9 Å². The molecule has 46 heavy (non-hydrogen) atoms. The molecule has 1 aliphatic rings. The second-order valence-electron chi connectivity index (χ2n) is 10.0. The third kappa shape index (κ3) is 8.31. The number of carboxylic acid groups (broad SMARTS) is 1. The number of hydrogen-bond acceptors (Lipinski definition) is 7. The largest absolute Gasteiger partial charge is 0.573 e. The Kier molecular flexibility index (Phi) is 9.96. The number of rotatable bonds is 9. The molecule has 0 saturated carbocycles. The van der Waals surface area contributed by atoms with Crippen LogP contribution in [0.25, 0.3) is 11.1 Å². The number of piperazine rings is 1. The molecule has 0 radical (unpaired) electrons. The van der Waals surface area contributed by atoms with Crippen LogP contribution in [0.2, 0.25) is 5.02 Å². The number of pyridine rings is 1. The van der Waals surface area contributed by atoms with Crippen molar-refractivity contribution in [3.63, 3.8) is 0 Å². The zero-order chi connectivity index (χ0) is 34.0. The summed E-state index contributed by atoms with van der Waals surface area (Å²) in [5.74, 6) is -2.14. The smallest absolute Gasteiger partial charge is 0.481 e. The number of nitrogens with zero attached hydrogens (tertiary/aromatic N) is 4. The molecule has 18 heteroatoms. The van der Waals surface area contributed by atoms with Crippen molar-refractivity contribution in [1.29, 1.82) is 0 Å². The van der Waals surface area contributed by atoms with Crippen LogP contribution in [-0.4, -0.2) is 74.9 Å². The van der Waals surface area contributed by atoms with Gasteiger partial charge in [0.25, 0.3) is 10.0 Å². The van der Waals surface area contributed by atoms with Crippen LogP contribution in [0.3, 0.4) is 0 Å². The third-order valence-corrected chi connectivity index (χ3v) is 8.91. The van der Waals surface area contributed by atoms with E-state index in [4.69, 9.17) is 16.7 Å². The lowest BCUT2D eigenvalue weighted by atomic mass is 10.1. The van der Waals surface area contributed by atoms with Gasteiger partial charge in [-0.25, -0.2) is 13.4 Å². The van der Waals surface area contributed by atoms with Crippen LogP contribution in [-0.2, 0) is 25.8 Å². The Morgan fingerprint density at radius 3 is 2.26 bits per heavy atom. The van der Waals surface area contributed by atoms with E-state index in [1.165, 1.54) is 23.2 Å². The van der Waals surface area contributed by atoms with Gasteiger partial charge in [-0.3, -0.25) is 13.9 Å². The molecule has 1 N–H and O–H groups in total. The molecule has 1 fully saturated rings. The van der Waals surface area contributed by atoms with Crippen LogP contribution in [0.1, 0.15) is 18.4 Å². The number of ether oxygens (including phenoxy) is 1. The molecule has 0 atom stereocenters. The maximum absolute atomic E-state index is 13.7. The van der Waals surface area contributed by atoms with Gasteiger partial charge in [0.05, 0.1) is 22.6 Å². The Bertz CT molecular complexity index is 1730. The van der Waals surface area contributed by atoms with Gasteiger partial charge in [0, 0.05) is 56.4 Å². The molecule has 0 bridgehead atoms. The molecular weight excluding hydrogens is 670 g/mol. The lowest BCUT2D eigenvalue weighted by Crippen LogP contribution is -2.49. The molecule has 0 aliphatic carbocycles. The van der Waals surface area contributed by atoms with E-state index in [9.17, 15) is 44.3 Å². The van der Waals surface area contributed by atoms with E-state index in [0.29, 0.717) is 16.4 Å². The Labute approximate surface area is 263 Å². The number of aliphatic carboxylic acids is 1. The Hall–Kier alpha value is -4.25. The van der Waals surface area contributed by atoms with Crippen LogP contribution < -0.4 is 13.9 Å². The highest BCUT2D eigenvalue weighted by molar-refractivity contribution is 7.92. The molecule has 10 nitrogen and oxygen atoms in total. The zero-order valence-corrected chi connectivity index (χ0v) is 25.3. The molecule has 0 spiro atoms. The maximum Gasteiger partial charge on any atom is 0.573 e. The first kappa shape index (κ1) is 34.6. The molecule has 4 rings (SSSR count). The summed E-state index contributed by atoms with van der Waals surface area (Å²) < 4.78 is 111. The van der Waals surface area contributed by atoms with Crippen molar-refractivity contribution in [1.82, 2.24) is 9.88 Å². The van der Waals surface area contributed by atoms with Crippen LogP contribution in [0.15, 0.2) is 59.6 Å². The molecule has 3 aromatic rings. The Morgan fingerprint density at radius 1 is 0.978 bits per heavy atom. The molecule has 2 heterocycles. The number of halogens is 7. The quantitative estimate of drug-likeness (QED) is 0.285. The average Bonchev–Trinajstić information content (AvgIpc) is 2.97. The summed E-state index contributed by atoms with van der Waals surface area (Å²) >= 11 is 6.03. The number of benzene rings is 2. The van der Waals surface area contributed by atoms with Gasteiger partial charge in [0.15, 0.2) is 5.82 Å². The minimum atomic E-state index is -5.04.